The van der Waals surface area contributed by atoms with Crippen LogP contribution in [0.1, 0.15) is 25.3 Å². The second-order valence-corrected chi connectivity index (χ2v) is 9.35. The van der Waals surface area contributed by atoms with Gasteiger partial charge in [-0.25, -0.2) is 9.98 Å². The van der Waals surface area contributed by atoms with Gasteiger partial charge in [-0.05, 0) is 18.8 Å². The van der Waals surface area contributed by atoms with E-state index < -0.39 is 0 Å². The molecule has 0 bridgehead atoms. The van der Waals surface area contributed by atoms with Gasteiger partial charge in [0.25, 0.3) is 0 Å². The van der Waals surface area contributed by atoms with Crippen LogP contribution in [0.2, 0.25) is 0 Å². The molecule has 32 heavy (non-hydrogen) atoms. The minimum absolute atomic E-state index is 0.774. The standard InChI is InChI=1S/C28H27N3S/c1-21-17-19-31(20-18-21)26(23-13-7-3-8-14-23)30-28-25(22-11-5-2-6-12-22)29-27(32-28)24-15-9-4-10-16-24/h2-16,21H,17-20H2,1H3. The molecule has 3 nitrogen and oxygen atoms in total. The molecule has 2 heterocycles. The van der Waals surface area contributed by atoms with Gasteiger partial charge in [0.2, 0.25) is 0 Å². The van der Waals surface area contributed by atoms with Crippen LogP contribution >= 0.6 is 11.3 Å². The molecule has 4 heteroatoms. The van der Waals surface area contributed by atoms with Crippen LogP contribution < -0.4 is 0 Å². The van der Waals surface area contributed by atoms with Crippen molar-refractivity contribution in [2.75, 3.05) is 13.1 Å². The van der Waals surface area contributed by atoms with E-state index in [4.69, 9.17) is 9.98 Å². The lowest BCUT2D eigenvalue weighted by Crippen LogP contribution is -2.38. The van der Waals surface area contributed by atoms with Crippen molar-refractivity contribution in [3.8, 4) is 21.8 Å². The van der Waals surface area contributed by atoms with E-state index in [1.165, 1.54) is 12.8 Å². The molecular weight excluding hydrogens is 410 g/mol. The van der Waals surface area contributed by atoms with Crippen LogP contribution in [0, 0.1) is 5.92 Å². The fourth-order valence-electron chi connectivity index (χ4n) is 4.10. The summed E-state index contributed by atoms with van der Waals surface area (Å²) in [5.74, 6) is 1.83. The first kappa shape index (κ1) is 20.7. The Morgan fingerprint density at radius 1 is 0.812 bits per heavy atom. The minimum Gasteiger partial charge on any atom is -0.356 e. The average molecular weight is 438 g/mol. The number of benzene rings is 3. The van der Waals surface area contributed by atoms with Crippen LogP contribution in [-0.4, -0.2) is 28.8 Å². The lowest BCUT2D eigenvalue weighted by Gasteiger charge is -2.33. The van der Waals surface area contributed by atoms with Gasteiger partial charge < -0.3 is 4.90 Å². The van der Waals surface area contributed by atoms with Crippen LogP contribution in [-0.2, 0) is 0 Å². The summed E-state index contributed by atoms with van der Waals surface area (Å²) in [6, 6.07) is 31.4. The van der Waals surface area contributed by atoms with E-state index in [9.17, 15) is 0 Å². The lowest BCUT2D eigenvalue weighted by atomic mass is 9.98. The largest absolute Gasteiger partial charge is 0.356 e. The molecule has 0 aliphatic carbocycles. The van der Waals surface area contributed by atoms with Gasteiger partial charge in [-0.15, -0.1) is 0 Å². The van der Waals surface area contributed by atoms with E-state index in [-0.39, 0.29) is 0 Å². The number of amidine groups is 1. The van der Waals surface area contributed by atoms with Crippen molar-refractivity contribution in [3.63, 3.8) is 0 Å². The average Bonchev–Trinajstić information content (AvgIpc) is 3.29. The molecule has 0 unspecified atom stereocenters. The maximum Gasteiger partial charge on any atom is 0.146 e. The van der Waals surface area contributed by atoms with E-state index in [2.05, 4.69) is 90.7 Å². The first-order valence-electron chi connectivity index (χ1n) is 11.3. The molecule has 0 atom stereocenters. The molecular formula is C28H27N3S. The van der Waals surface area contributed by atoms with E-state index >= 15 is 0 Å². The molecule has 0 spiro atoms. The summed E-state index contributed by atoms with van der Waals surface area (Å²) in [5.41, 5.74) is 4.34. The van der Waals surface area contributed by atoms with Crippen molar-refractivity contribution >= 4 is 22.2 Å². The number of aromatic nitrogens is 1. The summed E-state index contributed by atoms with van der Waals surface area (Å²) in [7, 11) is 0. The van der Waals surface area contributed by atoms with E-state index in [0.717, 1.165) is 57.2 Å². The fourth-order valence-corrected chi connectivity index (χ4v) is 5.06. The second-order valence-electron chi connectivity index (χ2n) is 8.38. The highest BCUT2D eigenvalue weighted by Gasteiger charge is 2.22. The Morgan fingerprint density at radius 2 is 1.38 bits per heavy atom. The predicted octanol–water partition coefficient (Wildman–Crippen LogP) is 7.29. The lowest BCUT2D eigenvalue weighted by molar-refractivity contribution is 0.281. The van der Waals surface area contributed by atoms with Crippen molar-refractivity contribution in [1.82, 2.24) is 9.88 Å². The van der Waals surface area contributed by atoms with Gasteiger partial charge in [0.05, 0.1) is 0 Å². The number of nitrogens with zero attached hydrogens (tertiary/aromatic N) is 3. The smallest absolute Gasteiger partial charge is 0.146 e. The number of thiazole rings is 1. The Kier molecular flexibility index (Phi) is 6.13. The highest BCUT2D eigenvalue weighted by Crippen LogP contribution is 2.40. The molecule has 1 aliphatic rings. The van der Waals surface area contributed by atoms with Crippen molar-refractivity contribution in [1.29, 1.82) is 0 Å². The molecule has 3 aromatic carbocycles. The summed E-state index contributed by atoms with van der Waals surface area (Å²) in [6.45, 7) is 4.43. The van der Waals surface area contributed by atoms with E-state index in [1.807, 2.05) is 12.1 Å². The van der Waals surface area contributed by atoms with Crippen molar-refractivity contribution in [3.05, 3.63) is 96.6 Å². The third kappa shape index (κ3) is 4.51. The highest BCUT2D eigenvalue weighted by molar-refractivity contribution is 7.19. The monoisotopic (exact) mass is 437 g/mol. The van der Waals surface area contributed by atoms with E-state index in [1.54, 1.807) is 11.3 Å². The topological polar surface area (TPSA) is 28.5 Å². The Morgan fingerprint density at radius 3 is 2.00 bits per heavy atom. The molecule has 1 aliphatic heterocycles. The number of hydrogen-bond acceptors (Lipinski definition) is 3. The summed E-state index contributed by atoms with van der Waals surface area (Å²) >= 11 is 1.67. The molecule has 0 amide bonds. The van der Waals surface area contributed by atoms with Crippen LogP contribution in [0.25, 0.3) is 21.8 Å². The zero-order valence-electron chi connectivity index (χ0n) is 18.3. The number of rotatable bonds is 4. The molecule has 0 saturated carbocycles. The highest BCUT2D eigenvalue weighted by atomic mass is 32.1. The molecule has 1 fully saturated rings. The Hall–Kier alpha value is -3.24. The summed E-state index contributed by atoms with van der Waals surface area (Å²) in [6.07, 6.45) is 2.41. The SMILES string of the molecule is CC1CCN(C(=Nc2sc(-c3ccccc3)nc2-c2ccccc2)c2ccccc2)CC1. The summed E-state index contributed by atoms with van der Waals surface area (Å²) in [5, 5.41) is 1.97. The van der Waals surface area contributed by atoms with E-state index in [0.29, 0.717) is 0 Å². The summed E-state index contributed by atoms with van der Waals surface area (Å²) < 4.78 is 0. The zero-order valence-corrected chi connectivity index (χ0v) is 19.1. The van der Waals surface area contributed by atoms with Crippen LogP contribution in [0.4, 0.5) is 5.00 Å². The van der Waals surface area contributed by atoms with Crippen molar-refractivity contribution < 1.29 is 0 Å². The first-order valence-corrected chi connectivity index (χ1v) is 12.1. The van der Waals surface area contributed by atoms with Crippen molar-refractivity contribution in [2.45, 2.75) is 19.8 Å². The molecule has 1 saturated heterocycles. The molecule has 5 rings (SSSR count). The number of piperidine rings is 1. The maximum absolute atomic E-state index is 5.30. The van der Waals surface area contributed by atoms with Crippen LogP contribution in [0.15, 0.2) is 96.0 Å². The molecule has 1 aromatic heterocycles. The van der Waals surface area contributed by atoms with Gasteiger partial charge >= 0.3 is 0 Å². The second kappa shape index (κ2) is 9.49. The van der Waals surface area contributed by atoms with Gasteiger partial charge in [0, 0.05) is 29.8 Å². The van der Waals surface area contributed by atoms with Gasteiger partial charge in [-0.2, -0.15) is 0 Å². The van der Waals surface area contributed by atoms with Gasteiger partial charge in [0.15, 0.2) is 0 Å². The van der Waals surface area contributed by atoms with Gasteiger partial charge in [0.1, 0.15) is 21.5 Å². The quantitative estimate of drug-likeness (QED) is 0.248. The van der Waals surface area contributed by atoms with Crippen molar-refractivity contribution in [2.24, 2.45) is 10.9 Å². The Labute approximate surface area is 194 Å². The molecule has 160 valence electrons. The number of aliphatic imine (C=N–C) groups is 1. The number of hydrogen-bond donors (Lipinski definition) is 0. The predicted molar refractivity (Wildman–Crippen MR) is 136 cm³/mol. The first-order chi connectivity index (χ1) is 15.8. The van der Waals surface area contributed by atoms with Crippen LogP contribution in [0.5, 0.6) is 0 Å². The van der Waals surface area contributed by atoms with Crippen LogP contribution in [0.3, 0.4) is 0 Å². The third-order valence-corrected chi connectivity index (χ3v) is 7.00. The maximum atomic E-state index is 5.30. The normalized spacial score (nSPS) is 15.2. The summed E-state index contributed by atoms with van der Waals surface area (Å²) in [4.78, 5) is 12.8. The minimum atomic E-state index is 0.774. The Balaban J connectivity index is 1.64. The molecule has 0 N–H and O–H groups in total. The van der Waals surface area contributed by atoms with Gasteiger partial charge in [-0.3, -0.25) is 0 Å². The number of likely N-dealkylation sites (tertiary alicyclic amines) is 1. The molecule has 0 radical (unpaired) electrons. The Bertz CT molecular complexity index is 1180. The molecule has 4 aromatic rings. The third-order valence-electron chi connectivity index (χ3n) is 6.00. The zero-order chi connectivity index (χ0) is 21.8. The fraction of sp³-hybridized carbons (Fsp3) is 0.214. The van der Waals surface area contributed by atoms with Gasteiger partial charge in [-0.1, -0.05) is 109 Å².